The summed E-state index contributed by atoms with van der Waals surface area (Å²) >= 11 is 0. The Kier molecular flexibility index (Phi) is 2.54. The number of carbonyl (C=O) groups excluding carboxylic acids is 1. The standard InChI is InChI=1S/C12H21NO/c1-9(2)7-12(8-10-3-4-10)6-5-11(14)13-12/h9-10H,3-8H2,1-2H3,(H,13,14). The largest absolute Gasteiger partial charge is 0.351 e. The second kappa shape index (κ2) is 3.56. The van der Waals surface area contributed by atoms with Crippen molar-refractivity contribution in [2.45, 2.75) is 57.9 Å². The van der Waals surface area contributed by atoms with Gasteiger partial charge in [0.2, 0.25) is 5.91 Å². The van der Waals surface area contributed by atoms with Gasteiger partial charge >= 0.3 is 0 Å². The molecule has 0 bridgehead atoms. The average Bonchev–Trinajstić information content (AvgIpc) is 2.77. The van der Waals surface area contributed by atoms with Crippen LogP contribution in [0.15, 0.2) is 0 Å². The van der Waals surface area contributed by atoms with E-state index in [9.17, 15) is 4.79 Å². The van der Waals surface area contributed by atoms with E-state index in [1.54, 1.807) is 0 Å². The third-order valence-electron chi connectivity index (χ3n) is 3.41. The predicted octanol–water partition coefficient (Wildman–Crippen LogP) is 2.48. The number of nitrogens with one attached hydrogen (secondary N) is 1. The van der Waals surface area contributed by atoms with E-state index in [1.165, 1.54) is 19.3 Å². The lowest BCUT2D eigenvalue weighted by molar-refractivity contribution is -0.119. The zero-order valence-corrected chi connectivity index (χ0v) is 9.31. The van der Waals surface area contributed by atoms with Gasteiger partial charge in [-0.2, -0.15) is 0 Å². The van der Waals surface area contributed by atoms with Gasteiger partial charge in [-0.25, -0.2) is 0 Å². The Morgan fingerprint density at radius 2 is 2.21 bits per heavy atom. The molecule has 1 N–H and O–H groups in total. The van der Waals surface area contributed by atoms with E-state index in [2.05, 4.69) is 19.2 Å². The lowest BCUT2D eigenvalue weighted by Crippen LogP contribution is -2.43. The molecule has 1 aliphatic heterocycles. The second-order valence-corrected chi connectivity index (χ2v) is 5.57. The van der Waals surface area contributed by atoms with Crippen LogP contribution in [0.1, 0.15) is 52.4 Å². The molecule has 2 rings (SSSR count). The van der Waals surface area contributed by atoms with Gasteiger partial charge in [-0.15, -0.1) is 0 Å². The predicted molar refractivity (Wildman–Crippen MR) is 56.9 cm³/mol. The molecule has 0 aromatic rings. The first-order chi connectivity index (χ1) is 6.60. The van der Waals surface area contributed by atoms with Gasteiger partial charge in [0.25, 0.3) is 0 Å². The van der Waals surface area contributed by atoms with Crippen LogP contribution >= 0.6 is 0 Å². The number of rotatable bonds is 4. The number of amides is 1. The molecule has 2 nitrogen and oxygen atoms in total. The van der Waals surface area contributed by atoms with E-state index in [4.69, 9.17) is 0 Å². The molecule has 80 valence electrons. The lowest BCUT2D eigenvalue weighted by Gasteiger charge is -2.31. The van der Waals surface area contributed by atoms with E-state index in [0.717, 1.165) is 25.2 Å². The van der Waals surface area contributed by atoms with Crippen LogP contribution in [0.3, 0.4) is 0 Å². The fraction of sp³-hybridized carbons (Fsp3) is 0.917. The molecule has 2 heteroatoms. The molecule has 1 saturated carbocycles. The zero-order valence-electron chi connectivity index (χ0n) is 9.31. The fourth-order valence-electron chi connectivity index (χ4n) is 2.82. The second-order valence-electron chi connectivity index (χ2n) is 5.57. The average molecular weight is 195 g/mol. The highest BCUT2D eigenvalue weighted by atomic mass is 16.2. The Labute approximate surface area is 86.5 Å². The van der Waals surface area contributed by atoms with E-state index in [0.29, 0.717) is 5.92 Å². The monoisotopic (exact) mass is 195 g/mol. The lowest BCUT2D eigenvalue weighted by atomic mass is 9.83. The number of hydrogen-bond donors (Lipinski definition) is 1. The Balaban J connectivity index is 1.99. The van der Waals surface area contributed by atoms with Crippen molar-refractivity contribution in [1.29, 1.82) is 0 Å². The Bertz CT molecular complexity index is 226. The first kappa shape index (κ1) is 10.0. The van der Waals surface area contributed by atoms with E-state index >= 15 is 0 Å². The molecule has 1 aliphatic carbocycles. The Morgan fingerprint density at radius 1 is 1.50 bits per heavy atom. The zero-order chi connectivity index (χ0) is 10.2. The van der Waals surface area contributed by atoms with Crippen LogP contribution in [-0.2, 0) is 4.79 Å². The molecule has 0 radical (unpaired) electrons. The summed E-state index contributed by atoms with van der Waals surface area (Å²) in [6, 6.07) is 0. The van der Waals surface area contributed by atoms with Crippen LogP contribution in [0.5, 0.6) is 0 Å². The highest BCUT2D eigenvalue weighted by Gasteiger charge is 2.41. The summed E-state index contributed by atoms with van der Waals surface area (Å²) in [6.07, 6.45) is 6.98. The van der Waals surface area contributed by atoms with Gasteiger partial charge in [0.15, 0.2) is 0 Å². The molecule has 0 aromatic heterocycles. The molecular weight excluding hydrogens is 174 g/mol. The first-order valence-corrected chi connectivity index (χ1v) is 5.91. The topological polar surface area (TPSA) is 29.1 Å². The third-order valence-corrected chi connectivity index (χ3v) is 3.41. The molecule has 1 amide bonds. The molecule has 0 aromatic carbocycles. The van der Waals surface area contributed by atoms with Crippen molar-refractivity contribution in [2.75, 3.05) is 0 Å². The summed E-state index contributed by atoms with van der Waals surface area (Å²) in [7, 11) is 0. The minimum Gasteiger partial charge on any atom is -0.351 e. The highest BCUT2D eigenvalue weighted by Crippen LogP contribution is 2.42. The Morgan fingerprint density at radius 3 is 2.64 bits per heavy atom. The highest BCUT2D eigenvalue weighted by molar-refractivity contribution is 5.79. The van der Waals surface area contributed by atoms with Gasteiger partial charge in [0, 0.05) is 12.0 Å². The summed E-state index contributed by atoms with van der Waals surface area (Å²) in [5.74, 6) is 1.87. The van der Waals surface area contributed by atoms with Gasteiger partial charge in [-0.3, -0.25) is 4.79 Å². The van der Waals surface area contributed by atoms with Crippen LogP contribution in [-0.4, -0.2) is 11.4 Å². The summed E-state index contributed by atoms with van der Waals surface area (Å²) in [4.78, 5) is 11.3. The molecule has 1 heterocycles. The van der Waals surface area contributed by atoms with Crippen LogP contribution in [0.25, 0.3) is 0 Å². The fourth-order valence-corrected chi connectivity index (χ4v) is 2.82. The van der Waals surface area contributed by atoms with Gasteiger partial charge in [0.1, 0.15) is 0 Å². The molecule has 1 saturated heterocycles. The SMILES string of the molecule is CC(C)CC1(CC2CC2)CCC(=O)N1. The first-order valence-electron chi connectivity index (χ1n) is 5.91. The van der Waals surface area contributed by atoms with Gasteiger partial charge < -0.3 is 5.32 Å². The van der Waals surface area contributed by atoms with E-state index in [-0.39, 0.29) is 11.4 Å². The normalized spacial score (nSPS) is 32.4. The molecule has 1 unspecified atom stereocenters. The van der Waals surface area contributed by atoms with Gasteiger partial charge in [-0.1, -0.05) is 26.7 Å². The summed E-state index contributed by atoms with van der Waals surface area (Å²) in [5.41, 5.74) is 0.173. The smallest absolute Gasteiger partial charge is 0.220 e. The molecule has 2 fully saturated rings. The van der Waals surface area contributed by atoms with Crippen molar-refractivity contribution in [3.05, 3.63) is 0 Å². The summed E-state index contributed by atoms with van der Waals surface area (Å²) < 4.78 is 0. The maximum atomic E-state index is 11.3. The van der Waals surface area contributed by atoms with Gasteiger partial charge in [0.05, 0.1) is 0 Å². The van der Waals surface area contributed by atoms with Crippen molar-refractivity contribution in [2.24, 2.45) is 11.8 Å². The van der Waals surface area contributed by atoms with Crippen molar-refractivity contribution in [3.8, 4) is 0 Å². The van der Waals surface area contributed by atoms with Crippen molar-refractivity contribution < 1.29 is 4.79 Å². The van der Waals surface area contributed by atoms with Crippen LogP contribution < -0.4 is 5.32 Å². The molecular formula is C12H21NO. The van der Waals surface area contributed by atoms with Crippen LogP contribution in [0.4, 0.5) is 0 Å². The molecule has 1 atom stereocenters. The number of hydrogen-bond acceptors (Lipinski definition) is 1. The van der Waals surface area contributed by atoms with Crippen molar-refractivity contribution in [3.63, 3.8) is 0 Å². The minimum absolute atomic E-state index is 0.173. The minimum atomic E-state index is 0.173. The quantitative estimate of drug-likeness (QED) is 0.733. The van der Waals surface area contributed by atoms with E-state index in [1.807, 2.05) is 0 Å². The number of carbonyl (C=O) groups is 1. The molecule has 2 aliphatic rings. The maximum Gasteiger partial charge on any atom is 0.220 e. The molecule has 14 heavy (non-hydrogen) atoms. The summed E-state index contributed by atoms with van der Waals surface area (Å²) in [6.45, 7) is 4.50. The van der Waals surface area contributed by atoms with Crippen LogP contribution in [0.2, 0.25) is 0 Å². The van der Waals surface area contributed by atoms with Crippen molar-refractivity contribution >= 4 is 5.91 Å². The van der Waals surface area contributed by atoms with Crippen LogP contribution in [0, 0.1) is 11.8 Å². The summed E-state index contributed by atoms with van der Waals surface area (Å²) in [5, 5.41) is 3.23. The molecule has 0 spiro atoms. The maximum absolute atomic E-state index is 11.3. The van der Waals surface area contributed by atoms with E-state index < -0.39 is 0 Å². The third kappa shape index (κ3) is 2.28. The van der Waals surface area contributed by atoms with Crippen molar-refractivity contribution in [1.82, 2.24) is 5.32 Å². The van der Waals surface area contributed by atoms with Gasteiger partial charge in [-0.05, 0) is 31.1 Å². The Hall–Kier alpha value is -0.530.